The molecule has 2 aromatic rings. The highest BCUT2D eigenvalue weighted by atomic mass is 79.9. The van der Waals surface area contributed by atoms with Crippen molar-refractivity contribution < 1.29 is 23.0 Å². The van der Waals surface area contributed by atoms with E-state index >= 15 is 0 Å². The minimum atomic E-state index is -4.73. The summed E-state index contributed by atoms with van der Waals surface area (Å²) in [5, 5.41) is 9.80. The summed E-state index contributed by atoms with van der Waals surface area (Å²) in [6.45, 7) is 0. The third-order valence-electron chi connectivity index (χ3n) is 2.80. The van der Waals surface area contributed by atoms with Gasteiger partial charge in [0.05, 0.1) is 6.04 Å². The standard InChI is InChI=1S/C14H11BrF3NO2.ClH/c15-9-3-6-12(20)11(7-9)13(19)8-1-4-10(5-2-8)21-14(16,17)18;/h1-7,13,20H,19H2;1H/t13-;/m1./s1. The maximum absolute atomic E-state index is 12.1. The highest BCUT2D eigenvalue weighted by Gasteiger charge is 2.31. The van der Waals surface area contributed by atoms with Crippen molar-refractivity contribution in [2.24, 2.45) is 5.73 Å². The summed E-state index contributed by atoms with van der Waals surface area (Å²) in [4.78, 5) is 0. The molecular weight excluding hydrogens is 387 g/mol. The van der Waals surface area contributed by atoms with Crippen LogP contribution in [0.1, 0.15) is 17.2 Å². The molecule has 120 valence electrons. The van der Waals surface area contributed by atoms with Crippen molar-refractivity contribution in [3.8, 4) is 11.5 Å². The summed E-state index contributed by atoms with van der Waals surface area (Å²) in [5.41, 5.74) is 7.04. The van der Waals surface area contributed by atoms with E-state index in [1.165, 1.54) is 30.3 Å². The summed E-state index contributed by atoms with van der Waals surface area (Å²) in [6, 6.07) is 9.34. The fourth-order valence-corrected chi connectivity index (χ4v) is 2.21. The van der Waals surface area contributed by atoms with Crippen molar-refractivity contribution in [2.75, 3.05) is 0 Å². The van der Waals surface area contributed by atoms with Crippen LogP contribution in [-0.4, -0.2) is 11.5 Å². The maximum atomic E-state index is 12.1. The van der Waals surface area contributed by atoms with Gasteiger partial charge in [-0.05, 0) is 35.9 Å². The zero-order valence-electron chi connectivity index (χ0n) is 11.0. The van der Waals surface area contributed by atoms with Crippen molar-refractivity contribution >= 4 is 28.3 Å². The van der Waals surface area contributed by atoms with Gasteiger partial charge in [-0.25, -0.2) is 0 Å². The first-order valence-corrected chi connectivity index (χ1v) is 6.65. The van der Waals surface area contributed by atoms with Crippen LogP contribution in [0.25, 0.3) is 0 Å². The fourth-order valence-electron chi connectivity index (χ4n) is 1.83. The first-order chi connectivity index (χ1) is 9.76. The Labute approximate surface area is 139 Å². The second kappa shape index (κ2) is 7.21. The van der Waals surface area contributed by atoms with Crippen LogP contribution < -0.4 is 10.5 Å². The average molecular weight is 399 g/mol. The Balaban J connectivity index is 0.00000242. The fraction of sp³-hybridized carbons (Fsp3) is 0.143. The normalized spacial score (nSPS) is 12.4. The van der Waals surface area contributed by atoms with Gasteiger partial charge in [-0.1, -0.05) is 28.1 Å². The van der Waals surface area contributed by atoms with Gasteiger partial charge in [0.1, 0.15) is 11.5 Å². The molecule has 0 spiro atoms. The third kappa shape index (κ3) is 4.79. The molecule has 0 saturated heterocycles. The summed E-state index contributed by atoms with van der Waals surface area (Å²) >= 11 is 3.27. The molecule has 0 aliphatic heterocycles. The van der Waals surface area contributed by atoms with Gasteiger partial charge in [0.25, 0.3) is 0 Å². The molecule has 0 fully saturated rings. The Kier molecular flexibility index (Phi) is 6.10. The van der Waals surface area contributed by atoms with Gasteiger partial charge in [0.2, 0.25) is 0 Å². The lowest BCUT2D eigenvalue weighted by Gasteiger charge is -2.15. The largest absolute Gasteiger partial charge is 0.573 e. The number of hydrogen-bond acceptors (Lipinski definition) is 3. The van der Waals surface area contributed by atoms with Crippen LogP contribution in [0.4, 0.5) is 13.2 Å². The third-order valence-corrected chi connectivity index (χ3v) is 3.29. The van der Waals surface area contributed by atoms with Crippen molar-refractivity contribution in [1.29, 1.82) is 0 Å². The van der Waals surface area contributed by atoms with Gasteiger partial charge in [0, 0.05) is 10.0 Å². The van der Waals surface area contributed by atoms with E-state index in [1.807, 2.05) is 0 Å². The number of benzene rings is 2. The lowest BCUT2D eigenvalue weighted by atomic mass is 9.99. The molecule has 0 amide bonds. The van der Waals surface area contributed by atoms with Crippen molar-refractivity contribution in [3.63, 3.8) is 0 Å². The minimum absolute atomic E-state index is 0. The lowest BCUT2D eigenvalue weighted by molar-refractivity contribution is -0.274. The lowest BCUT2D eigenvalue weighted by Crippen LogP contribution is -2.17. The van der Waals surface area contributed by atoms with E-state index in [0.29, 0.717) is 11.1 Å². The van der Waals surface area contributed by atoms with E-state index in [-0.39, 0.29) is 23.9 Å². The molecule has 8 heteroatoms. The molecule has 0 aliphatic rings. The van der Waals surface area contributed by atoms with Gasteiger partial charge in [0.15, 0.2) is 0 Å². The van der Waals surface area contributed by atoms with E-state index in [1.54, 1.807) is 12.1 Å². The van der Waals surface area contributed by atoms with Gasteiger partial charge in [-0.3, -0.25) is 0 Å². The Morgan fingerprint density at radius 2 is 1.68 bits per heavy atom. The summed E-state index contributed by atoms with van der Waals surface area (Å²) in [5.74, 6) is -0.307. The second-order valence-electron chi connectivity index (χ2n) is 4.30. The molecule has 2 aromatic carbocycles. The molecule has 1 atom stereocenters. The Morgan fingerprint density at radius 1 is 1.09 bits per heavy atom. The first-order valence-electron chi connectivity index (χ1n) is 5.86. The minimum Gasteiger partial charge on any atom is -0.508 e. The average Bonchev–Trinajstić information content (AvgIpc) is 2.40. The number of ether oxygens (including phenoxy) is 1. The predicted octanol–water partition coefficient (Wildman–Crippen LogP) is 4.52. The molecule has 0 heterocycles. The van der Waals surface area contributed by atoms with Crippen molar-refractivity contribution in [3.05, 3.63) is 58.1 Å². The first kappa shape index (κ1) is 18.6. The van der Waals surface area contributed by atoms with Crippen LogP contribution in [0, 0.1) is 0 Å². The zero-order valence-corrected chi connectivity index (χ0v) is 13.4. The number of alkyl halides is 3. The molecule has 0 radical (unpaired) electrons. The van der Waals surface area contributed by atoms with Crippen LogP contribution in [0.15, 0.2) is 46.9 Å². The predicted molar refractivity (Wildman–Crippen MR) is 82.2 cm³/mol. The molecule has 0 aliphatic carbocycles. The van der Waals surface area contributed by atoms with Crippen LogP contribution in [0.5, 0.6) is 11.5 Å². The molecule has 2 rings (SSSR count). The molecular formula is C14H12BrClF3NO2. The number of phenolic OH excluding ortho intramolecular Hbond substituents is 1. The molecule has 3 N–H and O–H groups in total. The van der Waals surface area contributed by atoms with Crippen LogP contribution >= 0.6 is 28.3 Å². The summed E-state index contributed by atoms with van der Waals surface area (Å²) in [6.07, 6.45) is -4.73. The Morgan fingerprint density at radius 3 is 2.23 bits per heavy atom. The number of nitrogens with two attached hydrogens (primary N) is 1. The maximum Gasteiger partial charge on any atom is 0.573 e. The van der Waals surface area contributed by atoms with Gasteiger partial charge in [-0.15, -0.1) is 25.6 Å². The Hall–Kier alpha value is -1.44. The number of rotatable bonds is 3. The van der Waals surface area contributed by atoms with E-state index in [0.717, 1.165) is 4.47 Å². The zero-order chi connectivity index (χ0) is 15.6. The van der Waals surface area contributed by atoms with Crippen molar-refractivity contribution in [2.45, 2.75) is 12.4 Å². The van der Waals surface area contributed by atoms with E-state index < -0.39 is 12.4 Å². The molecule has 0 unspecified atom stereocenters. The van der Waals surface area contributed by atoms with E-state index in [9.17, 15) is 18.3 Å². The molecule has 3 nitrogen and oxygen atoms in total. The quantitative estimate of drug-likeness (QED) is 0.799. The molecule has 22 heavy (non-hydrogen) atoms. The smallest absolute Gasteiger partial charge is 0.508 e. The SMILES string of the molecule is Cl.N[C@H](c1ccc(OC(F)(F)F)cc1)c1cc(Br)ccc1O. The number of aromatic hydroxyl groups is 1. The van der Waals surface area contributed by atoms with Crippen LogP contribution in [-0.2, 0) is 0 Å². The van der Waals surface area contributed by atoms with Gasteiger partial charge >= 0.3 is 6.36 Å². The van der Waals surface area contributed by atoms with Crippen LogP contribution in [0.3, 0.4) is 0 Å². The number of halogens is 5. The number of phenols is 1. The van der Waals surface area contributed by atoms with E-state index in [4.69, 9.17) is 5.73 Å². The molecule has 0 aromatic heterocycles. The monoisotopic (exact) mass is 397 g/mol. The van der Waals surface area contributed by atoms with Crippen LogP contribution in [0.2, 0.25) is 0 Å². The highest BCUT2D eigenvalue weighted by molar-refractivity contribution is 9.10. The van der Waals surface area contributed by atoms with Crippen molar-refractivity contribution in [1.82, 2.24) is 0 Å². The summed E-state index contributed by atoms with van der Waals surface area (Å²) in [7, 11) is 0. The Bertz CT molecular complexity index is 635. The summed E-state index contributed by atoms with van der Waals surface area (Å²) < 4.78 is 40.8. The molecule has 0 saturated carbocycles. The van der Waals surface area contributed by atoms with E-state index in [2.05, 4.69) is 20.7 Å². The number of hydrogen-bond donors (Lipinski definition) is 2. The van der Waals surface area contributed by atoms with Gasteiger partial charge in [-0.2, -0.15) is 0 Å². The highest BCUT2D eigenvalue weighted by Crippen LogP contribution is 2.31. The second-order valence-corrected chi connectivity index (χ2v) is 5.21. The topological polar surface area (TPSA) is 55.5 Å². The molecule has 0 bridgehead atoms. The van der Waals surface area contributed by atoms with Gasteiger partial charge < -0.3 is 15.6 Å².